The molecule has 3 rings (SSSR count). The summed E-state index contributed by atoms with van der Waals surface area (Å²) in [6, 6.07) is 10.3. The number of hydrogen-bond acceptors (Lipinski definition) is 5. The Balaban J connectivity index is 1.84. The molecule has 38 heavy (non-hydrogen) atoms. The molecule has 0 spiro atoms. The van der Waals surface area contributed by atoms with Gasteiger partial charge in [0.05, 0.1) is 23.4 Å². The second-order valence-electron chi connectivity index (χ2n) is 9.76. The van der Waals surface area contributed by atoms with Crippen LogP contribution in [0.2, 0.25) is 0 Å². The van der Waals surface area contributed by atoms with Crippen LogP contribution < -0.4 is 10.6 Å². The van der Waals surface area contributed by atoms with E-state index in [1.807, 2.05) is 13.0 Å². The quantitative estimate of drug-likeness (QED) is 0.267. The van der Waals surface area contributed by atoms with Crippen LogP contribution >= 0.6 is 0 Å². The van der Waals surface area contributed by atoms with Crippen molar-refractivity contribution in [2.75, 3.05) is 10.6 Å². The molecule has 0 aliphatic heterocycles. The summed E-state index contributed by atoms with van der Waals surface area (Å²) >= 11 is 0. The third-order valence-electron chi connectivity index (χ3n) is 5.44. The maximum absolute atomic E-state index is 13.5. The average Bonchev–Trinajstić information content (AvgIpc) is 2.79. The fourth-order valence-corrected chi connectivity index (χ4v) is 3.70. The summed E-state index contributed by atoms with van der Waals surface area (Å²) in [4.78, 5) is 42.0. The highest BCUT2D eigenvalue weighted by Gasteiger charge is 2.34. The van der Waals surface area contributed by atoms with E-state index in [1.54, 1.807) is 57.4 Å². The van der Waals surface area contributed by atoms with Crippen molar-refractivity contribution in [3.05, 3.63) is 77.1 Å². The zero-order valence-electron chi connectivity index (χ0n) is 21.6. The van der Waals surface area contributed by atoms with E-state index >= 15 is 0 Å². The molecular formula is C28H28F3N3O4. The smallest absolute Gasteiger partial charge is 0.416 e. The number of hydrogen-bond donors (Lipinski definition) is 2. The molecule has 0 radical (unpaired) electrons. The Hall–Kier alpha value is -4.21. The van der Waals surface area contributed by atoms with E-state index in [0.29, 0.717) is 0 Å². The molecule has 0 unspecified atom stereocenters. The molecule has 0 fully saturated rings. The Bertz CT molecular complexity index is 1380. The lowest BCUT2D eigenvalue weighted by atomic mass is 9.98. The highest BCUT2D eigenvalue weighted by atomic mass is 19.4. The zero-order valence-corrected chi connectivity index (χ0v) is 21.6. The first kappa shape index (κ1) is 28.4. The van der Waals surface area contributed by atoms with Crippen LogP contribution in [-0.4, -0.2) is 28.4 Å². The van der Waals surface area contributed by atoms with Crippen LogP contribution in [0.3, 0.4) is 0 Å². The van der Waals surface area contributed by atoms with Gasteiger partial charge in [-0.25, -0.2) is 4.79 Å². The van der Waals surface area contributed by atoms with E-state index in [9.17, 15) is 27.6 Å². The van der Waals surface area contributed by atoms with Crippen LogP contribution in [0, 0.1) is 13.8 Å². The number of aromatic nitrogens is 1. The normalized spacial score (nSPS) is 11.6. The molecule has 7 nitrogen and oxygen atoms in total. The first-order valence-corrected chi connectivity index (χ1v) is 11.7. The molecule has 2 N–H and O–H groups in total. The zero-order chi connectivity index (χ0) is 28.3. The minimum atomic E-state index is -4.70. The van der Waals surface area contributed by atoms with E-state index < -0.39 is 41.5 Å². The van der Waals surface area contributed by atoms with E-state index in [-0.39, 0.29) is 22.5 Å². The van der Waals surface area contributed by atoms with Crippen molar-refractivity contribution in [2.45, 2.75) is 52.8 Å². The number of carbonyl (C=O) groups is 3. The first-order chi connectivity index (χ1) is 17.6. The predicted octanol–water partition coefficient (Wildman–Crippen LogP) is 6.94. The number of Topliss-reactive ketones (excluding diaryl/α,β-unsaturated/α-hetero) is 1. The molecule has 2 amide bonds. The number of benzene rings is 2. The monoisotopic (exact) mass is 527 g/mol. The summed E-state index contributed by atoms with van der Waals surface area (Å²) in [5, 5.41) is 4.71. The lowest BCUT2D eigenvalue weighted by molar-refractivity contribution is -0.138. The van der Waals surface area contributed by atoms with Gasteiger partial charge in [-0.3, -0.25) is 19.9 Å². The van der Waals surface area contributed by atoms with E-state index in [1.165, 1.54) is 6.92 Å². The van der Waals surface area contributed by atoms with E-state index in [0.717, 1.165) is 28.8 Å². The van der Waals surface area contributed by atoms with E-state index in [4.69, 9.17) is 4.74 Å². The molecule has 0 saturated carbocycles. The fourth-order valence-electron chi connectivity index (χ4n) is 3.70. The van der Waals surface area contributed by atoms with Crippen LogP contribution in [0.4, 0.5) is 29.3 Å². The fraction of sp³-hybridized carbons (Fsp3) is 0.286. The first-order valence-electron chi connectivity index (χ1n) is 11.7. The van der Waals surface area contributed by atoms with Gasteiger partial charge >= 0.3 is 12.3 Å². The van der Waals surface area contributed by atoms with Gasteiger partial charge in [-0.2, -0.15) is 13.2 Å². The third-order valence-corrected chi connectivity index (χ3v) is 5.44. The lowest BCUT2D eigenvalue weighted by Crippen LogP contribution is -2.28. The predicted molar refractivity (Wildman–Crippen MR) is 138 cm³/mol. The number of nitrogens with one attached hydrogen (secondary N) is 2. The highest BCUT2D eigenvalue weighted by molar-refractivity contribution is 6.12. The van der Waals surface area contributed by atoms with Gasteiger partial charge in [0.2, 0.25) is 5.91 Å². The average molecular weight is 528 g/mol. The Morgan fingerprint density at radius 3 is 2.24 bits per heavy atom. The molecule has 1 aromatic heterocycles. The molecule has 0 bridgehead atoms. The summed E-state index contributed by atoms with van der Waals surface area (Å²) in [5.74, 6) is -1.38. The van der Waals surface area contributed by atoms with E-state index in [2.05, 4.69) is 15.6 Å². The molecule has 2 aromatic carbocycles. The van der Waals surface area contributed by atoms with Gasteiger partial charge in [0.15, 0.2) is 5.78 Å². The number of halogens is 3. The number of carbonyl (C=O) groups excluding carboxylic acids is 3. The molecule has 1 heterocycles. The maximum Gasteiger partial charge on any atom is 0.416 e. The lowest BCUT2D eigenvalue weighted by Gasteiger charge is -2.21. The number of rotatable bonds is 6. The summed E-state index contributed by atoms with van der Waals surface area (Å²) in [6.45, 7) is 8.02. The van der Waals surface area contributed by atoms with Gasteiger partial charge < -0.3 is 10.1 Å². The van der Waals surface area contributed by atoms with Gasteiger partial charge in [0.1, 0.15) is 5.60 Å². The standard InChI is InChI=1S/C28H28F3N3O4/c1-16-9-10-32-15-20(16)18-7-6-8-19(12-18)24(35)14-25(36)33-23-13-21(28(29,30)31)17(2)11-22(23)34-26(37)38-27(3,4)5/h6-13,15H,14H2,1-5H3,(H,33,36)(H,34,37). The minimum Gasteiger partial charge on any atom is -0.444 e. The van der Waals surface area contributed by atoms with Gasteiger partial charge in [-0.1, -0.05) is 18.2 Å². The topological polar surface area (TPSA) is 97.4 Å². The van der Waals surface area contributed by atoms with Crippen LogP contribution in [0.5, 0.6) is 0 Å². The molecule has 0 aliphatic carbocycles. The van der Waals surface area contributed by atoms with Crippen molar-refractivity contribution >= 4 is 29.2 Å². The molecule has 10 heteroatoms. The largest absolute Gasteiger partial charge is 0.444 e. The van der Waals surface area contributed by atoms with Gasteiger partial charge in [0.25, 0.3) is 0 Å². The Kier molecular flexibility index (Phi) is 8.24. The van der Waals surface area contributed by atoms with Crippen LogP contribution in [0.25, 0.3) is 11.1 Å². The number of aryl methyl sites for hydroxylation is 2. The van der Waals surface area contributed by atoms with Crippen molar-refractivity contribution in [3.8, 4) is 11.1 Å². The van der Waals surface area contributed by atoms with Crippen LogP contribution in [0.1, 0.15) is 54.2 Å². The van der Waals surface area contributed by atoms with Crippen molar-refractivity contribution < 1.29 is 32.3 Å². The number of alkyl halides is 3. The van der Waals surface area contributed by atoms with Gasteiger partial charge in [-0.15, -0.1) is 0 Å². The number of ether oxygens (including phenoxy) is 1. The summed E-state index contributed by atoms with van der Waals surface area (Å²) in [7, 11) is 0. The number of ketones is 1. The summed E-state index contributed by atoms with van der Waals surface area (Å²) < 4.78 is 45.8. The minimum absolute atomic E-state index is 0.0976. The molecule has 0 aliphatic rings. The van der Waals surface area contributed by atoms with Crippen molar-refractivity contribution in [2.24, 2.45) is 0 Å². The maximum atomic E-state index is 13.5. The van der Waals surface area contributed by atoms with Gasteiger partial charge in [-0.05, 0) is 75.6 Å². The number of pyridine rings is 1. The SMILES string of the molecule is Cc1ccncc1-c1cccc(C(=O)CC(=O)Nc2cc(C(F)(F)F)c(C)cc2NC(=O)OC(C)(C)C)c1. The second kappa shape index (κ2) is 11.0. The van der Waals surface area contributed by atoms with Crippen LogP contribution in [-0.2, 0) is 15.7 Å². The number of amides is 2. The highest BCUT2D eigenvalue weighted by Crippen LogP contribution is 2.37. The number of nitrogens with zero attached hydrogens (tertiary/aromatic N) is 1. The van der Waals surface area contributed by atoms with Gasteiger partial charge in [0, 0.05) is 23.5 Å². The summed E-state index contributed by atoms with van der Waals surface area (Å²) in [5.41, 5.74) is 0.339. The van der Waals surface area contributed by atoms with Crippen molar-refractivity contribution in [3.63, 3.8) is 0 Å². The third kappa shape index (κ3) is 7.41. The Labute approximate surface area is 218 Å². The second-order valence-corrected chi connectivity index (χ2v) is 9.76. The van der Waals surface area contributed by atoms with Crippen molar-refractivity contribution in [1.82, 2.24) is 4.98 Å². The number of anilines is 2. The molecule has 3 aromatic rings. The van der Waals surface area contributed by atoms with Crippen molar-refractivity contribution in [1.29, 1.82) is 0 Å². The Morgan fingerprint density at radius 2 is 1.61 bits per heavy atom. The van der Waals surface area contributed by atoms with Crippen LogP contribution in [0.15, 0.2) is 54.9 Å². The Morgan fingerprint density at radius 1 is 0.921 bits per heavy atom. The molecule has 200 valence electrons. The molecule has 0 atom stereocenters. The molecule has 0 saturated heterocycles. The molecular weight excluding hydrogens is 499 g/mol. The summed E-state index contributed by atoms with van der Waals surface area (Å²) in [6.07, 6.45) is -2.92.